The molecular formula is C15H19N3O2. The molecule has 5 heteroatoms. The molecule has 0 atom stereocenters. The van der Waals surface area contributed by atoms with Gasteiger partial charge in [0.05, 0.1) is 5.56 Å². The summed E-state index contributed by atoms with van der Waals surface area (Å²) < 4.78 is 1.86. The number of hydrogen-bond donors (Lipinski definition) is 1. The minimum Gasteiger partial charge on any atom is -0.350 e. The van der Waals surface area contributed by atoms with Gasteiger partial charge < -0.3 is 14.8 Å². The van der Waals surface area contributed by atoms with Crippen molar-refractivity contribution in [2.75, 3.05) is 27.2 Å². The number of carbonyl (C=O) groups is 2. The first-order valence-electron chi connectivity index (χ1n) is 6.52. The van der Waals surface area contributed by atoms with Gasteiger partial charge in [-0.1, -0.05) is 18.2 Å². The number of nitrogens with one attached hydrogen (secondary N) is 1. The van der Waals surface area contributed by atoms with Crippen molar-refractivity contribution in [3.8, 4) is 0 Å². The average Bonchev–Trinajstić information content (AvgIpc) is 2.75. The second-order valence-electron chi connectivity index (χ2n) is 5.06. The number of para-hydroxylation sites is 1. The lowest BCUT2D eigenvalue weighted by Gasteiger charge is -2.09. The van der Waals surface area contributed by atoms with Crippen LogP contribution in [0.4, 0.5) is 0 Å². The molecule has 0 spiro atoms. The molecule has 0 aliphatic carbocycles. The number of aromatic nitrogens is 1. The zero-order valence-corrected chi connectivity index (χ0v) is 12.0. The van der Waals surface area contributed by atoms with E-state index in [9.17, 15) is 9.59 Å². The molecule has 0 radical (unpaired) electrons. The van der Waals surface area contributed by atoms with Crippen LogP contribution in [0.25, 0.3) is 10.9 Å². The summed E-state index contributed by atoms with van der Waals surface area (Å²) in [6, 6.07) is 7.56. The maximum absolute atomic E-state index is 12.2. The van der Waals surface area contributed by atoms with Gasteiger partial charge in [0.2, 0.25) is 0 Å². The Labute approximate surface area is 118 Å². The van der Waals surface area contributed by atoms with Crippen LogP contribution in [0, 0.1) is 0 Å². The molecule has 0 unspecified atom stereocenters. The van der Waals surface area contributed by atoms with Crippen LogP contribution >= 0.6 is 0 Å². The Bertz CT molecular complexity index is 644. The Morgan fingerprint density at radius 2 is 1.95 bits per heavy atom. The molecule has 1 aromatic carbocycles. The number of carbonyl (C=O) groups excluding carboxylic acids is 2. The van der Waals surface area contributed by atoms with Crippen LogP contribution in [0.15, 0.2) is 30.5 Å². The topological polar surface area (TPSA) is 54.3 Å². The molecule has 0 saturated carbocycles. The molecule has 0 aliphatic heterocycles. The van der Waals surface area contributed by atoms with Crippen molar-refractivity contribution in [2.45, 2.75) is 0 Å². The largest absolute Gasteiger partial charge is 0.350 e. The van der Waals surface area contributed by atoms with E-state index in [0.29, 0.717) is 18.7 Å². The molecule has 1 N–H and O–H groups in total. The van der Waals surface area contributed by atoms with Gasteiger partial charge in [0.25, 0.3) is 11.7 Å². The van der Waals surface area contributed by atoms with Crippen LogP contribution in [0.5, 0.6) is 0 Å². The van der Waals surface area contributed by atoms with Crippen LogP contribution in [0.1, 0.15) is 10.4 Å². The summed E-state index contributed by atoms with van der Waals surface area (Å²) in [4.78, 5) is 26.0. The van der Waals surface area contributed by atoms with Gasteiger partial charge in [0.1, 0.15) is 0 Å². The highest BCUT2D eigenvalue weighted by Gasteiger charge is 2.20. The third kappa shape index (κ3) is 2.88. The SMILES string of the molecule is CN(C)CCNC(=O)C(=O)c1cn(C)c2ccccc12. The van der Waals surface area contributed by atoms with Crippen LogP contribution in [-0.2, 0) is 11.8 Å². The molecule has 20 heavy (non-hydrogen) atoms. The summed E-state index contributed by atoms with van der Waals surface area (Å²) in [7, 11) is 5.69. The number of fused-ring (bicyclic) bond motifs is 1. The molecule has 0 saturated heterocycles. The van der Waals surface area contributed by atoms with E-state index in [1.54, 1.807) is 6.20 Å². The Balaban J connectivity index is 2.17. The monoisotopic (exact) mass is 273 g/mol. The summed E-state index contributed by atoms with van der Waals surface area (Å²) >= 11 is 0. The molecule has 0 fully saturated rings. The van der Waals surface area contributed by atoms with E-state index in [1.807, 2.05) is 54.9 Å². The van der Waals surface area contributed by atoms with Gasteiger partial charge in [-0.15, -0.1) is 0 Å². The predicted molar refractivity (Wildman–Crippen MR) is 78.8 cm³/mol. The molecule has 5 nitrogen and oxygen atoms in total. The number of likely N-dealkylation sites (N-methyl/N-ethyl adjacent to an activating group) is 1. The molecule has 0 aliphatic rings. The number of hydrogen-bond acceptors (Lipinski definition) is 3. The molecule has 106 valence electrons. The third-order valence-corrected chi connectivity index (χ3v) is 3.19. The van der Waals surface area contributed by atoms with Crippen LogP contribution in [-0.4, -0.2) is 48.3 Å². The lowest BCUT2D eigenvalue weighted by atomic mass is 10.1. The molecule has 1 aromatic heterocycles. The highest BCUT2D eigenvalue weighted by atomic mass is 16.2. The van der Waals surface area contributed by atoms with Gasteiger partial charge in [-0.05, 0) is 20.2 Å². The van der Waals surface area contributed by atoms with Gasteiger partial charge in [-0.25, -0.2) is 0 Å². The Morgan fingerprint density at radius 1 is 1.25 bits per heavy atom. The maximum Gasteiger partial charge on any atom is 0.292 e. The first kappa shape index (κ1) is 14.3. The molecule has 2 rings (SSSR count). The van der Waals surface area contributed by atoms with Crippen LogP contribution in [0.2, 0.25) is 0 Å². The molecule has 1 amide bonds. The number of aryl methyl sites for hydroxylation is 1. The van der Waals surface area contributed by atoms with Gasteiger partial charge in [0, 0.05) is 37.2 Å². The molecule has 0 bridgehead atoms. The van der Waals surface area contributed by atoms with Gasteiger partial charge in [0.15, 0.2) is 0 Å². The maximum atomic E-state index is 12.2. The van der Waals surface area contributed by atoms with E-state index in [-0.39, 0.29) is 0 Å². The molecule has 2 aromatic rings. The quantitative estimate of drug-likeness (QED) is 0.654. The average molecular weight is 273 g/mol. The third-order valence-electron chi connectivity index (χ3n) is 3.19. The highest BCUT2D eigenvalue weighted by Crippen LogP contribution is 2.20. The fourth-order valence-corrected chi connectivity index (χ4v) is 2.12. The fraction of sp³-hybridized carbons (Fsp3) is 0.333. The summed E-state index contributed by atoms with van der Waals surface area (Å²) in [6.45, 7) is 1.16. The number of amides is 1. The fourth-order valence-electron chi connectivity index (χ4n) is 2.12. The van der Waals surface area contributed by atoms with E-state index < -0.39 is 11.7 Å². The van der Waals surface area contributed by atoms with Crippen LogP contribution in [0.3, 0.4) is 0 Å². The first-order valence-corrected chi connectivity index (χ1v) is 6.52. The minimum atomic E-state index is -0.553. The van der Waals surface area contributed by atoms with Gasteiger partial charge in [-0.2, -0.15) is 0 Å². The van der Waals surface area contributed by atoms with E-state index >= 15 is 0 Å². The molecule has 1 heterocycles. The second-order valence-corrected chi connectivity index (χ2v) is 5.06. The number of rotatable bonds is 5. The number of ketones is 1. The van der Waals surface area contributed by atoms with Crippen molar-refractivity contribution in [3.63, 3.8) is 0 Å². The van der Waals surface area contributed by atoms with Crippen molar-refractivity contribution in [1.29, 1.82) is 0 Å². The highest BCUT2D eigenvalue weighted by molar-refractivity contribution is 6.45. The second kappa shape index (κ2) is 5.88. The normalized spacial score (nSPS) is 11.0. The predicted octanol–water partition coefficient (Wildman–Crippen LogP) is 1.04. The smallest absolute Gasteiger partial charge is 0.292 e. The summed E-state index contributed by atoms with van der Waals surface area (Å²) in [5, 5.41) is 3.45. The van der Waals surface area contributed by atoms with Crippen molar-refractivity contribution in [1.82, 2.24) is 14.8 Å². The summed E-state index contributed by atoms with van der Waals surface area (Å²) in [5.74, 6) is -1.04. The van der Waals surface area contributed by atoms with E-state index in [1.165, 1.54) is 0 Å². The Kier molecular flexibility index (Phi) is 4.20. The zero-order valence-electron chi connectivity index (χ0n) is 12.0. The lowest BCUT2D eigenvalue weighted by molar-refractivity contribution is -0.117. The van der Waals surface area contributed by atoms with Gasteiger partial charge in [-0.3, -0.25) is 9.59 Å². The van der Waals surface area contributed by atoms with Crippen molar-refractivity contribution >= 4 is 22.6 Å². The van der Waals surface area contributed by atoms with Crippen molar-refractivity contribution in [3.05, 3.63) is 36.0 Å². The number of nitrogens with zero attached hydrogens (tertiary/aromatic N) is 2. The summed E-state index contributed by atoms with van der Waals surface area (Å²) in [6.07, 6.45) is 1.71. The van der Waals surface area contributed by atoms with Crippen molar-refractivity contribution in [2.24, 2.45) is 7.05 Å². The lowest BCUT2D eigenvalue weighted by Crippen LogP contribution is -2.35. The first-order chi connectivity index (χ1) is 9.50. The zero-order chi connectivity index (χ0) is 14.7. The standard InChI is InChI=1S/C15H19N3O2/c1-17(2)9-8-16-15(20)14(19)12-10-18(3)13-7-5-4-6-11(12)13/h4-7,10H,8-9H2,1-3H3,(H,16,20). The minimum absolute atomic E-state index is 0.449. The molecular weight excluding hydrogens is 254 g/mol. The van der Waals surface area contributed by atoms with E-state index in [4.69, 9.17) is 0 Å². The van der Waals surface area contributed by atoms with E-state index in [0.717, 1.165) is 10.9 Å². The Hall–Kier alpha value is -2.14. The van der Waals surface area contributed by atoms with Crippen LogP contribution < -0.4 is 5.32 Å². The summed E-state index contributed by atoms with van der Waals surface area (Å²) in [5.41, 5.74) is 1.39. The van der Waals surface area contributed by atoms with Crippen molar-refractivity contribution < 1.29 is 9.59 Å². The number of Topliss-reactive ketones (excluding diaryl/α,β-unsaturated/α-hetero) is 1. The van der Waals surface area contributed by atoms with E-state index in [2.05, 4.69) is 5.32 Å². The number of benzene rings is 1. The Morgan fingerprint density at radius 3 is 2.65 bits per heavy atom. The van der Waals surface area contributed by atoms with Gasteiger partial charge >= 0.3 is 0 Å².